The molecule has 0 radical (unpaired) electrons. The van der Waals surface area contributed by atoms with E-state index in [0.29, 0.717) is 18.6 Å². The summed E-state index contributed by atoms with van der Waals surface area (Å²) < 4.78 is 46.2. The van der Waals surface area contributed by atoms with Crippen LogP contribution in [0.5, 0.6) is 5.75 Å². The highest BCUT2D eigenvalue weighted by Crippen LogP contribution is 2.35. The molecule has 3 N–H and O–H groups in total. The molecule has 112 valence electrons. The van der Waals surface area contributed by atoms with Crippen LogP contribution < -0.4 is 15.2 Å². The van der Waals surface area contributed by atoms with Crippen molar-refractivity contribution in [2.45, 2.75) is 43.7 Å². The summed E-state index contributed by atoms with van der Waals surface area (Å²) in [4.78, 5) is -0.135. The first-order valence-corrected chi connectivity index (χ1v) is 7.84. The van der Waals surface area contributed by atoms with Crippen molar-refractivity contribution in [2.75, 3.05) is 6.61 Å². The summed E-state index contributed by atoms with van der Waals surface area (Å²) in [6.45, 7) is 5.48. The van der Waals surface area contributed by atoms with Gasteiger partial charge in [-0.2, -0.15) is 0 Å². The van der Waals surface area contributed by atoms with Gasteiger partial charge in [-0.05, 0) is 32.9 Å². The normalized spacial score (nSPS) is 19.4. The third kappa shape index (κ3) is 3.11. The fourth-order valence-corrected chi connectivity index (χ4v) is 3.54. The van der Waals surface area contributed by atoms with Crippen LogP contribution >= 0.6 is 0 Å². The molecule has 0 fully saturated rings. The molecule has 1 aromatic rings. The number of fused-ring (bicyclic) bond motifs is 1. The zero-order valence-electron chi connectivity index (χ0n) is 11.7. The lowest BCUT2D eigenvalue weighted by atomic mass is 10.0. The lowest BCUT2D eigenvalue weighted by Crippen LogP contribution is -2.40. The van der Waals surface area contributed by atoms with E-state index in [1.165, 1.54) is 6.07 Å². The largest absolute Gasteiger partial charge is 0.490 e. The first-order valence-electron chi connectivity index (χ1n) is 6.36. The van der Waals surface area contributed by atoms with E-state index in [0.717, 1.165) is 6.07 Å². The minimum Gasteiger partial charge on any atom is -0.490 e. The van der Waals surface area contributed by atoms with Crippen LogP contribution in [0.3, 0.4) is 0 Å². The number of halogens is 1. The number of ether oxygens (including phenoxy) is 1. The molecule has 20 heavy (non-hydrogen) atoms. The number of sulfonamides is 1. The van der Waals surface area contributed by atoms with Gasteiger partial charge in [-0.1, -0.05) is 0 Å². The summed E-state index contributed by atoms with van der Waals surface area (Å²) in [5.41, 5.74) is 5.64. The van der Waals surface area contributed by atoms with Crippen molar-refractivity contribution in [3.63, 3.8) is 0 Å². The molecule has 1 atom stereocenters. The van der Waals surface area contributed by atoms with E-state index in [9.17, 15) is 12.8 Å². The van der Waals surface area contributed by atoms with Gasteiger partial charge in [-0.25, -0.2) is 17.5 Å². The van der Waals surface area contributed by atoms with E-state index in [1.54, 1.807) is 20.8 Å². The smallest absolute Gasteiger partial charge is 0.241 e. The van der Waals surface area contributed by atoms with Gasteiger partial charge in [0, 0.05) is 23.6 Å². The van der Waals surface area contributed by atoms with Crippen molar-refractivity contribution in [3.8, 4) is 5.75 Å². The van der Waals surface area contributed by atoms with Crippen LogP contribution in [0.1, 0.15) is 38.8 Å². The van der Waals surface area contributed by atoms with Crippen molar-refractivity contribution in [2.24, 2.45) is 5.73 Å². The second-order valence-electron chi connectivity index (χ2n) is 5.92. The van der Waals surface area contributed by atoms with Crippen molar-refractivity contribution >= 4 is 10.0 Å². The van der Waals surface area contributed by atoms with Crippen LogP contribution in [0, 0.1) is 5.82 Å². The van der Waals surface area contributed by atoms with E-state index in [1.807, 2.05) is 0 Å². The zero-order valence-corrected chi connectivity index (χ0v) is 12.6. The third-order valence-corrected chi connectivity index (χ3v) is 4.61. The Labute approximate surface area is 118 Å². The maximum Gasteiger partial charge on any atom is 0.241 e. The summed E-state index contributed by atoms with van der Waals surface area (Å²) in [5.74, 6) is -0.648. The highest BCUT2D eigenvalue weighted by Gasteiger charge is 2.28. The van der Waals surface area contributed by atoms with E-state index in [4.69, 9.17) is 10.5 Å². The van der Waals surface area contributed by atoms with Gasteiger partial charge in [0.2, 0.25) is 10.0 Å². The molecule has 1 aromatic carbocycles. The molecular weight excluding hydrogens is 283 g/mol. The first kappa shape index (κ1) is 15.2. The van der Waals surface area contributed by atoms with Crippen LogP contribution in [-0.4, -0.2) is 20.6 Å². The van der Waals surface area contributed by atoms with Crippen molar-refractivity contribution < 1.29 is 17.5 Å². The van der Waals surface area contributed by atoms with Gasteiger partial charge in [-0.15, -0.1) is 0 Å². The predicted molar refractivity (Wildman–Crippen MR) is 73.5 cm³/mol. The van der Waals surface area contributed by atoms with Crippen LogP contribution in [0.4, 0.5) is 4.39 Å². The standard InChI is InChI=1S/C13H19FN2O3S/c1-13(2,3)16-20(17,18)8-6-9-11(15)4-5-19-12(9)10(14)7-8/h6-7,11,16H,4-5,15H2,1-3H3. The second-order valence-corrected chi connectivity index (χ2v) is 7.60. The lowest BCUT2D eigenvalue weighted by molar-refractivity contribution is 0.254. The predicted octanol–water partition coefficient (Wildman–Crippen LogP) is 1.68. The highest BCUT2D eigenvalue weighted by molar-refractivity contribution is 7.89. The number of rotatable bonds is 2. The Hall–Kier alpha value is -1.18. The average Bonchev–Trinajstić information content (AvgIpc) is 2.27. The third-order valence-electron chi connectivity index (χ3n) is 2.87. The Morgan fingerprint density at radius 1 is 1.40 bits per heavy atom. The lowest BCUT2D eigenvalue weighted by Gasteiger charge is -2.25. The van der Waals surface area contributed by atoms with E-state index >= 15 is 0 Å². The van der Waals surface area contributed by atoms with E-state index in [-0.39, 0.29) is 10.6 Å². The Morgan fingerprint density at radius 3 is 2.65 bits per heavy atom. The summed E-state index contributed by atoms with van der Waals surface area (Å²) in [5, 5.41) is 0. The Kier molecular flexibility index (Phi) is 3.79. The van der Waals surface area contributed by atoms with Crippen molar-refractivity contribution in [3.05, 3.63) is 23.5 Å². The van der Waals surface area contributed by atoms with Gasteiger partial charge >= 0.3 is 0 Å². The molecule has 0 aromatic heterocycles. The number of hydrogen-bond acceptors (Lipinski definition) is 4. The summed E-state index contributed by atoms with van der Waals surface area (Å²) in [6.07, 6.45) is 0.530. The van der Waals surface area contributed by atoms with Gasteiger partial charge in [0.1, 0.15) is 0 Å². The monoisotopic (exact) mass is 302 g/mol. The van der Waals surface area contributed by atoms with Gasteiger partial charge in [-0.3, -0.25) is 0 Å². The summed E-state index contributed by atoms with van der Waals surface area (Å²) in [6, 6.07) is 1.93. The van der Waals surface area contributed by atoms with Gasteiger partial charge in [0.15, 0.2) is 11.6 Å². The molecule has 7 heteroatoms. The van der Waals surface area contributed by atoms with Crippen LogP contribution in [0.2, 0.25) is 0 Å². The molecule has 1 unspecified atom stereocenters. The molecular formula is C13H19FN2O3S. The Balaban J connectivity index is 2.49. The molecule has 1 aliphatic heterocycles. The average molecular weight is 302 g/mol. The number of hydrogen-bond donors (Lipinski definition) is 2. The second kappa shape index (κ2) is 4.98. The van der Waals surface area contributed by atoms with Crippen molar-refractivity contribution in [1.82, 2.24) is 4.72 Å². The van der Waals surface area contributed by atoms with Gasteiger partial charge in [0.25, 0.3) is 0 Å². The molecule has 0 saturated carbocycles. The van der Waals surface area contributed by atoms with Gasteiger partial charge < -0.3 is 10.5 Å². The minimum absolute atomic E-state index is 0.0541. The molecule has 0 amide bonds. The number of nitrogens with two attached hydrogens (primary N) is 1. The Morgan fingerprint density at radius 2 is 2.05 bits per heavy atom. The summed E-state index contributed by atoms with van der Waals surface area (Å²) in [7, 11) is -3.80. The summed E-state index contributed by atoms with van der Waals surface area (Å²) >= 11 is 0. The molecule has 0 saturated heterocycles. The van der Waals surface area contributed by atoms with Crippen LogP contribution in [0.25, 0.3) is 0 Å². The van der Waals surface area contributed by atoms with Crippen molar-refractivity contribution in [1.29, 1.82) is 0 Å². The molecule has 0 aliphatic carbocycles. The van der Waals surface area contributed by atoms with Crippen LogP contribution in [-0.2, 0) is 10.0 Å². The fourth-order valence-electron chi connectivity index (χ4n) is 2.08. The topological polar surface area (TPSA) is 81.4 Å². The fraction of sp³-hybridized carbons (Fsp3) is 0.538. The number of benzene rings is 1. The molecule has 1 aliphatic rings. The van der Waals surface area contributed by atoms with Gasteiger partial charge in [0.05, 0.1) is 11.5 Å². The molecule has 5 nitrogen and oxygen atoms in total. The maximum absolute atomic E-state index is 14.0. The van der Waals surface area contributed by atoms with E-state index < -0.39 is 27.4 Å². The number of nitrogens with one attached hydrogen (secondary N) is 1. The first-order chi connectivity index (χ1) is 9.10. The molecule has 0 bridgehead atoms. The zero-order chi connectivity index (χ0) is 15.1. The van der Waals surface area contributed by atoms with E-state index in [2.05, 4.69) is 4.72 Å². The maximum atomic E-state index is 14.0. The minimum atomic E-state index is -3.80. The highest BCUT2D eigenvalue weighted by atomic mass is 32.2. The SMILES string of the molecule is CC(C)(C)NS(=O)(=O)c1cc(F)c2c(c1)C(N)CCO2. The molecule has 0 spiro atoms. The molecule has 2 rings (SSSR count). The quantitative estimate of drug-likeness (QED) is 0.871. The van der Waals surface area contributed by atoms with Crippen LogP contribution in [0.15, 0.2) is 17.0 Å². The molecule has 1 heterocycles. The Bertz CT molecular complexity index is 623.